The van der Waals surface area contributed by atoms with Crippen molar-refractivity contribution in [1.82, 2.24) is 0 Å². The summed E-state index contributed by atoms with van der Waals surface area (Å²) in [6.45, 7) is 0. The van der Waals surface area contributed by atoms with E-state index in [1.807, 2.05) is 0 Å². The number of aliphatic hydroxyl groups is 4. The van der Waals surface area contributed by atoms with Crippen LogP contribution >= 0.6 is 0 Å². The number of ketones is 1. The predicted octanol–water partition coefficient (Wildman–Crippen LogP) is -0.714. The van der Waals surface area contributed by atoms with Gasteiger partial charge in [-0.25, -0.2) is 0 Å². The monoisotopic (exact) mass is 226 g/mol. The molecule has 5 unspecified atom stereocenters. The number of hydrogen-bond donors (Lipinski definition) is 4. The van der Waals surface area contributed by atoms with E-state index < -0.39 is 35.8 Å². The van der Waals surface area contributed by atoms with Crippen LogP contribution in [0.2, 0.25) is 0 Å². The smallest absolute Gasteiger partial charge is 0.203 e. The molecule has 4 N–H and O–H groups in total. The van der Waals surface area contributed by atoms with E-state index in [-0.39, 0.29) is 12.3 Å². The van der Waals surface area contributed by atoms with Gasteiger partial charge in [-0.1, -0.05) is 12.2 Å². The standard InChI is InChI=1S/C11H14O5/c12-6-3-1-2-5-4-7(13)10(15)11(16)8(5)9(6)14/h1-3,5,7-8,10-13,15-16H,4H2. The molecule has 5 heteroatoms. The van der Waals surface area contributed by atoms with Crippen LogP contribution in [0, 0.1) is 11.8 Å². The Bertz CT molecular complexity index is 359. The van der Waals surface area contributed by atoms with Crippen molar-refractivity contribution in [2.45, 2.75) is 24.7 Å². The Balaban J connectivity index is 2.33. The highest BCUT2D eigenvalue weighted by Crippen LogP contribution is 2.35. The second kappa shape index (κ2) is 4.01. The molecule has 0 heterocycles. The quantitative estimate of drug-likeness (QED) is 0.437. The summed E-state index contributed by atoms with van der Waals surface area (Å²) in [7, 11) is 0. The minimum Gasteiger partial charge on any atom is -0.504 e. The molecule has 0 aromatic heterocycles. The molecule has 0 saturated heterocycles. The first-order chi connectivity index (χ1) is 7.52. The molecule has 0 radical (unpaired) electrons. The number of allylic oxidation sites excluding steroid dienone is 4. The summed E-state index contributed by atoms with van der Waals surface area (Å²) in [5.41, 5.74) is 0. The minimum absolute atomic E-state index is 0.201. The zero-order chi connectivity index (χ0) is 11.9. The molecule has 88 valence electrons. The first kappa shape index (κ1) is 11.3. The van der Waals surface area contributed by atoms with Gasteiger partial charge >= 0.3 is 0 Å². The van der Waals surface area contributed by atoms with Crippen LogP contribution in [-0.2, 0) is 4.79 Å². The van der Waals surface area contributed by atoms with E-state index in [2.05, 4.69) is 0 Å². The molecular weight excluding hydrogens is 212 g/mol. The maximum Gasteiger partial charge on any atom is 0.203 e. The third kappa shape index (κ3) is 1.67. The van der Waals surface area contributed by atoms with E-state index in [0.717, 1.165) is 0 Å². The molecule has 2 rings (SSSR count). The van der Waals surface area contributed by atoms with Crippen LogP contribution in [0.5, 0.6) is 0 Å². The van der Waals surface area contributed by atoms with Gasteiger partial charge in [-0.3, -0.25) is 4.79 Å². The predicted molar refractivity (Wildman–Crippen MR) is 54.5 cm³/mol. The van der Waals surface area contributed by atoms with Gasteiger partial charge in [0.2, 0.25) is 5.78 Å². The lowest BCUT2D eigenvalue weighted by atomic mass is 9.72. The maximum atomic E-state index is 11.7. The van der Waals surface area contributed by atoms with E-state index >= 15 is 0 Å². The van der Waals surface area contributed by atoms with Crippen LogP contribution in [0.25, 0.3) is 0 Å². The molecule has 5 atom stereocenters. The van der Waals surface area contributed by atoms with Gasteiger partial charge in [0, 0.05) is 0 Å². The summed E-state index contributed by atoms with van der Waals surface area (Å²) in [6, 6.07) is 0. The van der Waals surface area contributed by atoms with Crippen LogP contribution in [0.1, 0.15) is 6.42 Å². The number of Topliss-reactive ketones (excluding diaryl/α,β-unsaturated/α-hetero) is 1. The lowest BCUT2D eigenvalue weighted by Crippen LogP contribution is -2.52. The number of aliphatic hydroxyl groups excluding tert-OH is 4. The number of fused-ring (bicyclic) bond motifs is 1. The van der Waals surface area contributed by atoms with Crippen molar-refractivity contribution in [2.75, 3.05) is 0 Å². The lowest BCUT2D eigenvalue weighted by Gasteiger charge is -2.38. The zero-order valence-corrected chi connectivity index (χ0v) is 8.52. The van der Waals surface area contributed by atoms with Gasteiger partial charge in [0.1, 0.15) is 6.10 Å². The van der Waals surface area contributed by atoms with Crippen LogP contribution in [0.3, 0.4) is 0 Å². The maximum absolute atomic E-state index is 11.7. The van der Waals surface area contributed by atoms with Crippen LogP contribution in [-0.4, -0.2) is 44.5 Å². The van der Waals surface area contributed by atoms with Gasteiger partial charge < -0.3 is 20.4 Å². The lowest BCUT2D eigenvalue weighted by molar-refractivity contribution is -0.148. The third-order valence-electron chi connectivity index (χ3n) is 3.25. The fourth-order valence-corrected chi connectivity index (χ4v) is 2.35. The average molecular weight is 226 g/mol. The van der Waals surface area contributed by atoms with Crippen molar-refractivity contribution in [1.29, 1.82) is 0 Å². The summed E-state index contributed by atoms with van der Waals surface area (Å²) in [6.07, 6.45) is 0.898. The van der Waals surface area contributed by atoms with Crippen molar-refractivity contribution in [3.63, 3.8) is 0 Å². The molecule has 1 fully saturated rings. The topological polar surface area (TPSA) is 98.0 Å². The van der Waals surface area contributed by atoms with E-state index in [9.17, 15) is 25.2 Å². The molecule has 1 saturated carbocycles. The molecule has 2 aliphatic rings. The summed E-state index contributed by atoms with van der Waals surface area (Å²) in [4.78, 5) is 11.7. The van der Waals surface area contributed by atoms with Crippen molar-refractivity contribution in [3.05, 3.63) is 24.0 Å². The Morgan fingerprint density at radius 1 is 1.19 bits per heavy atom. The molecule has 0 aliphatic heterocycles. The van der Waals surface area contributed by atoms with Gasteiger partial charge in [0.15, 0.2) is 5.76 Å². The first-order valence-corrected chi connectivity index (χ1v) is 5.18. The van der Waals surface area contributed by atoms with E-state index in [1.165, 1.54) is 12.2 Å². The summed E-state index contributed by atoms with van der Waals surface area (Å²) in [5, 5.41) is 38.1. The molecule has 0 aromatic rings. The third-order valence-corrected chi connectivity index (χ3v) is 3.25. The second-order valence-electron chi connectivity index (χ2n) is 4.27. The van der Waals surface area contributed by atoms with Crippen molar-refractivity contribution in [2.24, 2.45) is 11.8 Å². The van der Waals surface area contributed by atoms with Crippen molar-refractivity contribution in [3.8, 4) is 0 Å². The average Bonchev–Trinajstić information content (AvgIpc) is 2.37. The van der Waals surface area contributed by atoms with Crippen LogP contribution < -0.4 is 0 Å². The van der Waals surface area contributed by atoms with Gasteiger partial charge in [-0.2, -0.15) is 0 Å². The van der Waals surface area contributed by atoms with Crippen molar-refractivity contribution >= 4 is 5.78 Å². The van der Waals surface area contributed by atoms with Gasteiger partial charge in [0.05, 0.1) is 18.1 Å². The molecule has 0 bridgehead atoms. The highest BCUT2D eigenvalue weighted by Gasteiger charge is 2.46. The summed E-state index contributed by atoms with van der Waals surface area (Å²) in [5.74, 6) is -2.25. The number of hydrogen-bond acceptors (Lipinski definition) is 5. The van der Waals surface area contributed by atoms with Gasteiger partial charge in [0.25, 0.3) is 0 Å². The number of carbonyl (C=O) groups excluding carboxylic acids is 1. The number of carbonyl (C=O) groups is 1. The number of rotatable bonds is 0. The summed E-state index contributed by atoms with van der Waals surface area (Å²) >= 11 is 0. The van der Waals surface area contributed by atoms with E-state index in [0.29, 0.717) is 0 Å². The van der Waals surface area contributed by atoms with Crippen molar-refractivity contribution < 1.29 is 25.2 Å². The SMILES string of the molecule is O=C1C(O)=CC=CC2CC(O)C(O)C(O)C12. The van der Waals surface area contributed by atoms with E-state index in [4.69, 9.17) is 0 Å². The molecule has 0 aromatic carbocycles. The second-order valence-corrected chi connectivity index (χ2v) is 4.27. The molecular formula is C11H14O5. The van der Waals surface area contributed by atoms with Crippen LogP contribution in [0.4, 0.5) is 0 Å². The molecule has 16 heavy (non-hydrogen) atoms. The minimum atomic E-state index is -1.35. The fraction of sp³-hybridized carbons (Fsp3) is 0.545. The Kier molecular flexibility index (Phi) is 2.84. The molecule has 2 aliphatic carbocycles. The molecule has 5 nitrogen and oxygen atoms in total. The summed E-state index contributed by atoms with van der Waals surface area (Å²) < 4.78 is 0. The Morgan fingerprint density at radius 2 is 1.88 bits per heavy atom. The van der Waals surface area contributed by atoms with Gasteiger partial charge in [-0.15, -0.1) is 0 Å². The van der Waals surface area contributed by atoms with Crippen LogP contribution in [0.15, 0.2) is 24.0 Å². The highest BCUT2D eigenvalue weighted by molar-refractivity contribution is 5.96. The molecule has 0 spiro atoms. The zero-order valence-electron chi connectivity index (χ0n) is 8.52. The Labute approximate surface area is 92.3 Å². The fourth-order valence-electron chi connectivity index (χ4n) is 2.35. The molecule has 0 amide bonds. The Morgan fingerprint density at radius 3 is 2.56 bits per heavy atom. The van der Waals surface area contributed by atoms with E-state index in [1.54, 1.807) is 6.08 Å². The highest BCUT2D eigenvalue weighted by atomic mass is 16.4. The normalized spacial score (nSPS) is 43.6. The Hall–Kier alpha value is -1.17. The first-order valence-electron chi connectivity index (χ1n) is 5.18. The largest absolute Gasteiger partial charge is 0.504 e. The van der Waals surface area contributed by atoms with Gasteiger partial charge in [-0.05, 0) is 18.4 Å².